The fraction of sp³-hybridized carbons (Fsp3) is 0.529. The van der Waals surface area contributed by atoms with Crippen LogP contribution in [0.5, 0.6) is 0 Å². The average Bonchev–Trinajstić information content (AvgIpc) is 2.40. The first-order chi connectivity index (χ1) is 9.31. The first-order valence-electron chi connectivity index (χ1n) is 6.90. The van der Waals surface area contributed by atoms with E-state index in [1.54, 1.807) is 6.08 Å². The average molecular weight is 260 g/mol. The van der Waals surface area contributed by atoms with Crippen LogP contribution in [0, 0.1) is 23.7 Å². The van der Waals surface area contributed by atoms with Crippen LogP contribution in [0.1, 0.15) is 45.4 Å². The molecule has 0 rings (SSSR count). The Hall–Kier alpha value is -1.48. The van der Waals surface area contributed by atoms with Crippen LogP contribution >= 0.6 is 0 Å². The lowest BCUT2D eigenvalue weighted by Gasteiger charge is -2.05. The SMILES string of the molecule is CCC[C@H](O)CC/C=C/C=C/C#CC#CCCCO. The fourth-order valence-corrected chi connectivity index (χ4v) is 1.40. The van der Waals surface area contributed by atoms with Crippen molar-refractivity contribution < 1.29 is 10.2 Å². The van der Waals surface area contributed by atoms with E-state index in [9.17, 15) is 5.11 Å². The zero-order chi connectivity index (χ0) is 14.2. The summed E-state index contributed by atoms with van der Waals surface area (Å²) in [4.78, 5) is 0. The maximum Gasteiger partial charge on any atom is 0.0543 e. The molecule has 0 aliphatic heterocycles. The summed E-state index contributed by atoms with van der Waals surface area (Å²) in [5.74, 6) is 11.1. The Kier molecular flexibility index (Phi) is 13.4. The Balaban J connectivity index is 3.66. The third-order valence-corrected chi connectivity index (χ3v) is 2.40. The van der Waals surface area contributed by atoms with E-state index in [2.05, 4.69) is 30.6 Å². The molecule has 0 bridgehead atoms. The van der Waals surface area contributed by atoms with Crippen molar-refractivity contribution in [3.8, 4) is 23.7 Å². The highest BCUT2D eigenvalue weighted by Gasteiger charge is 1.98. The summed E-state index contributed by atoms with van der Waals surface area (Å²) in [5, 5.41) is 18.0. The van der Waals surface area contributed by atoms with Gasteiger partial charge in [-0.15, -0.1) is 0 Å². The van der Waals surface area contributed by atoms with Gasteiger partial charge in [0, 0.05) is 13.0 Å². The summed E-state index contributed by atoms with van der Waals surface area (Å²) in [7, 11) is 0. The molecule has 0 radical (unpaired) electrons. The second kappa shape index (κ2) is 14.6. The minimum absolute atomic E-state index is 0.174. The summed E-state index contributed by atoms with van der Waals surface area (Å²) in [6, 6.07) is 0. The molecule has 0 aliphatic carbocycles. The maximum atomic E-state index is 9.51. The number of hydrogen-bond donors (Lipinski definition) is 2. The minimum Gasteiger partial charge on any atom is -0.396 e. The molecule has 1 atom stereocenters. The summed E-state index contributed by atoms with van der Waals surface area (Å²) in [5.41, 5.74) is 0. The van der Waals surface area contributed by atoms with Crippen LogP contribution in [-0.4, -0.2) is 22.9 Å². The predicted octanol–water partition coefficient (Wildman–Crippen LogP) is 2.82. The third kappa shape index (κ3) is 14.5. The molecular weight excluding hydrogens is 236 g/mol. The summed E-state index contributed by atoms with van der Waals surface area (Å²) in [6.45, 7) is 2.26. The Labute approximate surface area is 117 Å². The van der Waals surface area contributed by atoms with Gasteiger partial charge in [-0.1, -0.05) is 43.4 Å². The highest BCUT2D eigenvalue weighted by Crippen LogP contribution is 2.04. The number of aliphatic hydroxyl groups excluding tert-OH is 2. The molecule has 0 unspecified atom stereocenters. The van der Waals surface area contributed by atoms with Crippen molar-refractivity contribution in [3.63, 3.8) is 0 Å². The van der Waals surface area contributed by atoms with Gasteiger partial charge in [0.15, 0.2) is 0 Å². The number of unbranched alkanes of at least 4 members (excludes halogenated alkanes) is 1. The van der Waals surface area contributed by atoms with Crippen molar-refractivity contribution in [3.05, 3.63) is 24.3 Å². The Bertz CT molecular complexity index is 372. The molecule has 19 heavy (non-hydrogen) atoms. The van der Waals surface area contributed by atoms with Crippen molar-refractivity contribution in [1.29, 1.82) is 0 Å². The quantitative estimate of drug-likeness (QED) is 0.400. The molecule has 0 aromatic rings. The van der Waals surface area contributed by atoms with E-state index in [0.717, 1.165) is 25.7 Å². The van der Waals surface area contributed by atoms with E-state index >= 15 is 0 Å². The number of hydrogen-bond acceptors (Lipinski definition) is 2. The monoisotopic (exact) mass is 260 g/mol. The third-order valence-electron chi connectivity index (χ3n) is 2.40. The zero-order valence-corrected chi connectivity index (χ0v) is 11.7. The van der Waals surface area contributed by atoms with Gasteiger partial charge in [0.1, 0.15) is 0 Å². The standard InChI is InChI=1S/C17H24O2/c1-2-14-17(19)15-12-10-8-6-4-3-5-7-9-11-13-16-18/h4,6,8,10,17-19H,2,11-16H2,1H3/b6-4+,10-8+/t17-/m0/s1. The topological polar surface area (TPSA) is 40.5 Å². The lowest BCUT2D eigenvalue weighted by Crippen LogP contribution is -2.04. The van der Waals surface area contributed by atoms with Crippen LogP contribution in [0.15, 0.2) is 24.3 Å². The predicted molar refractivity (Wildman–Crippen MR) is 80.3 cm³/mol. The Morgan fingerprint density at radius 1 is 1.16 bits per heavy atom. The molecule has 0 aliphatic rings. The molecule has 0 saturated heterocycles. The molecular formula is C17H24O2. The minimum atomic E-state index is -0.174. The molecule has 0 amide bonds. The molecule has 0 fully saturated rings. The van der Waals surface area contributed by atoms with Gasteiger partial charge in [-0.25, -0.2) is 0 Å². The van der Waals surface area contributed by atoms with E-state index in [4.69, 9.17) is 5.11 Å². The molecule has 2 nitrogen and oxygen atoms in total. The van der Waals surface area contributed by atoms with Crippen LogP contribution in [0.25, 0.3) is 0 Å². The van der Waals surface area contributed by atoms with Gasteiger partial charge in [-0.3, -0.25) is 0 Å². The van der Waals surface area contributed by atoms with Crippen LogP contribution in [0.3, 0.4) is 0 Å². The number of rotatable bonds is 8. The van der Waals surface area contributed by atoms with E-state index in [1.165, 1.54) is 0 Å². The molecule has 0 saturated carbocycles. The Morgan fingerprint density at radius 2 is 2.00 bits per heavy atom. The van der Waals surface area contributed by atoms with E-state index < -0.39 is 0 Å². The van der Waals surface area contributed by atoms with Gasteiger partial charge in [-0.2, -0.15) is 0 Å². The Morgan fingerprint density at radius 3 is 2.74 bits per heavy atom. The molecule has 0 heterocycles. The highest BCUT2D eigenvalue weighted by atomic mass is 16.3. The number of aliphatic hydroxyl groups is 2. The zero-order valence-electron chi connectivity index (χ0n) is 11.7. The van der Waals surface area contributed by atoms with Gasteiger partial charge in [0.05, 0.1) is 6.10 Å². The smallest absolute Gasteiger partial charge is 0.0543 e. The van der Waals surface area contributed by atoms with Gasteiger partial charge < -0.3 is 10.2 Å². The van der Waals surface area contributed by atoms with Gasteiger partial charge in [-0.05, 0) is 43.6 Å². The molecule has 0 spiro atoms. The highest BCUT2D eigenvalue weighted by molar-refractivity contribution is 5.31. The van der Waals surface area contributed by atoms with Gasteiger partial charge in [0.25, 0.3) is 0 Å². The van der Waals surface area contributed by atoms with Crippen molar-refractivity contribution in [2.24, 2.45) is 0 Å². The van der Waals surface area contributed by atoms with Crippen LogP contribution < -0.4 is 0 Å². The number of allylic oxidation sites excluding steroid dienone is 4. The lowest BCUT2D eigenvalue weighted by molar-refractivity contribution is 0.155. The second-order valence-electron chi connectivity index (χ2n) is 4.21. The fourth-order valence-electron chi connectivity index (χ4n) is 1.40. The summed E-state index contributed by atoms with van der Waals surface area (Å²) < 4.78 is 0. The largest absolute Gasteiger partial charge is 0.396 e. The molecule has 2 heteroatoms. The summed E-state index contributed by atoms with van der Waals surface area (Å²) >= 11 is 0. The van der Waals surface area contributed by atoms with Gasteiger partial charge >= 0.3 is 0 Å². The first-order valence-corrected chi connectivity index (χ1v) is 6.90. The van der Waals surface area contributed by atoms with Crippen LogP contribution in [0.2, 0.25) is 0 Å². The van der Waals surface area contributed by atoms with Crippen molar-refractivity contribution in [1.82, 2.24) is 0 Å². The molecule has 104 valence electrons. The van der Waals surface area contributed by atoms with E-state index in [0.29, 0.717) is 12.8 Å². The van der Waals surface area contributed by atoms with Crippen molar-refractivity contribution >= 4 is 0 Å². The van der Waals surface area contributed by atoms with Crippen LogP contribution in [-0.2, 0) is 0 Å². The summed E-state index contributed by atoms with van der Waals surface area (Å²) in [6.07, 6.45) is 12.4. The van der Waals surface area contributed by atoms with Crippen molar-refractivity contribution in [2.45, 2.75) is 51.6 Å². The van der Waals surface area contributed by atoms with E-state index in [-0.39, 0.29) is 12.7 Å². The van der Waals surface area contributed by atoms with Crippen molar-refractivity contribution in [2.75, 3.05) is 6.61 Å². The van der Waals surface area contributed by atoms with E-state index in [1.807, 2.05) is 18.2 Å². The second-order valence-corrected chi connectivity index (χ2v) is 4.21. The lowest BCUT2D eigenvalue weighted by atomic mass is 10.1. The van der Waals surface area contributed by atoms with Crippen LogP contribution in [0.4, 0.5) is 0 Å². The maximum absolute atomic E-state index is 9.51. The molecule has 2 N–H and O–H groups in total. The van der Waals surface area contributed by atoms with Gasteiger partial charge in [0.2, 0.25) is 0 Å². The first kappa shape index (κ1) is 17.5. The normalized spacial score (nSPS) is 11.9. The molecule has 0 aromatic heterocycles. The molecule has 0 aromatic carbocycles.